The van der Waals surface area contributed by atoms with Gasteiger partial charge in [-0.15, -0.1) is 0 Å². The summed E-state index contributed by atoms with van der Waals surface area (Å²) in [6, 6.07) is 12.9. The van der Waals surface area contributed by atoms with Crippen LogP contribution in [0.2, 0.25) is 0 Å². The minimum Gasteiger partial charge on any atom is -0.497 e. The van der Waals surface area contributed by atoms with Gasteiger partial charge in [-0.25, -0.2) is 4.79 Å². The van der Waals surface area contributed by atoms with Crippen LogP contribution in [-0.2, 0) is 6.54 Å². The van der Waals surface area contributed by atoms with E-state index in [0.29, 0.717) is 23.7 Å². The van der Waals surface area contributed by atoms with Crippen molar-refractivity contribution >= 4 is 23.3 Å². The highest BCUT2D eigenvalue weighted by atomic mass is 16.5. The molecule has 0 aromatic heterocycles. The van der Waals surface area contributed by atoms with Gasteiger partial charge in [-0.1, -0.05) is 0 Å². The third-order valence-corrected chi connectivity index (χ3v) is 5.40. The monoisotopic (exact) mass is 438 g/mol. The number of carbonyl (C=O) groups is 2. The molecule has 1 aliphatic carbocycles. The van der Waals surface area contributed by atoms with Crippen LogP contribution in [0.15, 0.2) is 42.5 Å². The number of ether oxygens (including phenoxy) is 1. The lowest BCUT2D eigenvalue weighted by Crippen LogP contribution is -2.34. The van der Waals surface area contributed by atoms with Crippen LogP contribution in [0.1, 0.15) is 42.6 Å². The van der Waals surface area contributed by atoms with Crippen molar-refractivity contribution in [3.63, 3.8) is 0 Å². The first-order valence-corrected chi connectivity index (χ1v) is 11.1. The molecule has 3 amide bonds. The first-order chi connectivity index (χ1) is 15.3. The molecule has 0 spiro atoms. The standard InChI is InChI=1S/C25H34N4O3/c1-17(2)26-25(31)27-21-10-13-23(28(3)4)20(14-21)16-29(15-18-6-7-18)24(30)19-8-11-22(32-5)12-9-19/h8-14,17-18H,6-7,15-16H2,1-5H3,(H2,26,27,31). The molecule has 0 saturated heterocycles. The predicted molar refractivity (Wildman–Crippen MR) is 129 cm³/mol. The smallest absolute Gasteiger partial charge is 0.319 e. The Hall–Kier alpha value is -3.22. The molecule has 1 saturated carbocycles. The molecule has 2 aromatic carbocycles. The van der Waals surface area contributed by atoms with Gasteiger partial charge >= 0.3 is 6.03 Å². The van der Waals surface area contributed by atoms with E-state index >= 15 is 0 Å². The van der Waals surface area contributed by atoms with Crippen LogP contribution in [0.3, 0.4) is 0 Å². The quantitative estimate of drug-likeness (QED) is 0.611. The number of nitrogens with zero attached hydrogens (tertiary/aromatic N) is 2. The second-order valence-electron chi connectivity index (χ2n) is 8.85. The van der Waals surface area contributed by atoms with Gasteiger partial charge in [0.2, 0.25) is 0 Å². The van der Waals surface area contributed by atoms with Crippen LogP contribution in [0.25, 0.3) is 0 Å². The Bertz CT molecular complexity index is 937. The lowest BCUT2D eigenvalue weighted by atomic mass is 10.1. The Morgan fingerprint density at radius 1 is 1.09 bits per heavy atom. The highest BCUT2D eigenvalue weighted by Crippen LogP contribution is 2.32. The second-order valence-corrected chi connectivity index (χ2v) is 8.85. The summed E-state index contributed by atoms with van der Waals surface area (Å²) in [7, 11) is 5.57. The molecular weight excluding hydrogens is 404 g/mol. The molecule has 0 heterocycles. The summed E-state index contributed by atoms with van der Waals surface area (Å²) in [6.07, 6.45) is 2.31. The fourth-order valence-corrected chi connectivity index (χ4v) is 3.61. The van der Waals surface area contributed by atoms with E-state index in [1.807, 2.05) is 80.2 Å². The molecule has 0 atom stereocenters. The summed E-state index contributed by atoms with van der Waals surface area (Å²) in [4.78, 5) is 29.5. The summed E-state index contributed by atoms with van der Waals surface area (Å²) in [5, 5.41) is 5.73. The summed E-state index contributed by atoms with van der Waals surface area (Å²) in [6.45, 7) is 5.03. The zero-order valence-electron chi connectivity index (χ0n) is 19.6. The zero-order chi connectivity index (χ0) is 23.3. The maximum atomic E-state index is 13.4. The fraction of sp³-hybridized carbons (Fsp3) is 0.440. The van der Waals surface area contributed by atoms with Gasteiger partial charge in [0.05, 0.1) is 7.11 Å². The minimum absolute atomic E-state index is 0.000160. The van der Waals surface area contributed by atoms with Crippen LogP contribution in [0.4, 0.5) is 16.2 Å². The third-order valence-electron chi connectivity index (χ3n) is 5.40. The van der Waals surface area contributed by atoms with E-state index in [4.69, 9.17) is 4.74 Å². The molecule has 0 aliphatic heterocycles. The number of rotatable bonds is 9. The predicted octanol–water partition coefficient (Wildman–Crippen LogP) is 4.34. The Morgan fingerprint density at radius 2 is 1.78 bits per heavy atom. The Balaban J connectivity index is 1.85. The number of carbonyl (C=O) groups excluding carboxylic acids is 2. The highest BCUT2D eigenvalue weighted by molar-refractivity contribution is 5.94. The third kappa shape index (κ3) is 6.39. The maximum absolute atomic E-state index is 13.4. The normalized spacial score (nSPS) is 12.9. The molecule has 7 nitrogen and oxygen atoms in total. The van der Waals surface area contributed by atoms with Crippen LogP contribution >= 0.6 is 0 Å². The summed E-state index contributed by atoms with van der Waals surface area (Å²) < 4.78 is 5.22. The van der Waals surface area contributed by atoms with Crippen LogP contribution in [0, 0.1) is 5.92 Å². The number of benzene rings is 2. The lowest BCUT2D eigenvalue weighted by Gasteiger charge is -2.26. The maximum Gasteiger partial charge on any atom is 0.319 e. The van der Waals surface area contributed by atoms with Crippen LogP contribution < -0.4 is 20.3 Å². The molecule has 0 unspecified atom stereocenters. The first kappa shape index (κ1) is 23.4. The van der Waals surface area contributed by atoms with E-state index in [2.05, 4.69) is 10.6 Å². The van der Waals surface area contributed by atoms with E-state index in [0.717, 1.165) is 36.4 Å². The molecular formula is C25H34N4O3. The lowest BCUT2D eigenvalue weighted by molar-refractivity contribution is 0.0735. The van der Waals surface area contributed by atoms with Crippen molar-refractivity contribution in [2.24, 2.45) is 5.92 Å². The molecule has 3 rings (SSSR count). The van der Waals surface area contributed by atoms with Gasteiger partial charge < -0.3 is 25.2 Å². The fourth-order valence-electron chi connectivity index (χ4n) is 3.61. The van der Waals surface area contributed by atoms with Crippen molar-refractivity contribution in [3.05, 3.63) is 53.6 Å². The Labute approximate surface area is 190 Å². The van der Waals surface area contributed by atoms with Gasteiger partial charge in [-0.05, 0) is 80.6 Å². The summed E-state index contributed by atoms with van der Waals surface area (Å²) >= 11 is 0. The number of nitrogens with one attached hydrogen (secondary N) is 2. The van der Waals surface area contributed by atoms with E-state index in [1.165, 1.54) is 0 Å². The van der Waals surface area contributed by atoms with Gasteiger partial charge in [0, 0.05) is 50.2 Å². The van der Waals surface area contributed by atoms with Crippen molar-refractivity contribution < 1.29 is 14.3 Å². The molecule has 7 heteroatoms. The molecule has 2 N–H and O–H groups in total. The number of methoxy groups -OCH3 is 1. The van der Waals surface area contributed by atoms with E-state index in [9.17, 15) is 9.59 Å². The number of hydrogen-bond donors (Lipinski definition) is 2. The van der Waals surface area contributed by atoms with E-state index < -0.39 is 0 Å². The molecule has 1 fully saturated rings. The van der Waals surface area contributed by atoms with Gasteiger partial charge in [0.25, 0.3) is 5.91 Å². The van der Waals surface area contributed by atoms with Gasteiger partial charge in [0.1, 0.15) is 5.75 Å². The molecule has 32 heavy (non-hydrogen) atoms. The average Bonchev–Trinajstić information content (AvgIpc) is 3.56. The van der Waals surface area contributed by atoms with Crippen LogP contribution in [-0.4, -0.2) is 50.6 Å². The largest absolute Gasteiger partial charge is 0.497 e. The number of urea groups is 1. The minimum atomic E-state index is -0.243. The van der Waals surface area contributed by atoms with Crippen molar-refractivity contribution in [1.29, 1.82) is 0 Å². The van der Waals surface area contributed by atoms with Crippen LogP contribution in [0.5, 0.6) is 5.75 Å². The molecule has 2 aromatic rings. The molecule has 172 valence electrons. The Kier molecular flexibility index (Phi) is 7.62. The average molecular weight is 439 g/mol. The van der Waals surface area contributed by atoms with Crippen molar-refractivity contribution in [2.45, 2.75) is 39.3 Å². The molecule has 0 radical (unpaired) electrons. The van der Waals surface area contributed by atoms with Gasteiger partial charge in [-0.3, -0.25) is 4.79 Å². The molecule has 1 aliphatic rings. The molecule has 0 bridgehead atoms. The number of anilines is 2. The second kappa shape index (κ2) is 10.4. The van der Waals surface area contributed by atoms with Crippen molar-refractivity contribution in [2.75, 3.05) is 38.0 Å². The van der Waals surface area contributed by atoms with Crippen molar-refractivity contribution in [3.8, 4) is 5.75 Å². The number of amides is 3. The highest BCUT2D eigenvalue weighted by Gasteiger charge is 2.28. The number of hydrogen-bond acceptors (Lipinski definition) is 4. The Morgan fingerprint density at radius 3 is 2.34 bits per heavy atom. The zero-order valence-corrected chi connectivity index (χ0v) is 19.6. The SMILES string of the molecule is COc1ccc(C(=O)N(Cc2cc(NC(=O)NC(C)C)ccc2N(C)C)CC2CC2)cc1. The summed E-state index contributed by atoms with van der Waals surface area (Å²) in [5.41, 5.74) is 3.35. The summed E-state index contributed by atoms with van der Waals surface area (Å²) in [5.74, 6) is 1.28. The van der Waals surface area contributed by atoms with E-state index in [1.54, 1.807) is 7.11 Å². The first-order valence-electron chi connectivity index (χ1n) is 11.1. The van der Waals surface area contributed by atoms with Gasteiger partial charge in [-0.2, -0.15) is 0 Å². The van der Waals surface area contributed by atoms with Gasteiger partial charge in [0.15, 0.2) is 0 Å². The van der Waals surface area contributed by atoms with Crippen molar-refractivity contribution in [1.82, 2.24) is 10.2 Å². The van der Waals surface area contributed by atoms with E-state index in [-0.39, 0.29) is 18.0 Å². The topological polar surface area (TPSA) is 73.9 Å².